The van der Waals surface area contributed by atoms with Crippen molar-refractivity contribution in [1.29, 1.82) is 0 Å². The van der Waals surface area contributed by atoms with E-state index in [9.17, 15) is 9.18 Å². The fourth-order valence-electron chi connectivity index (χ4n) is 2.45. The Hall–Kier alpha value is -1.58. The smallest absolute Gasteiger partial charge is 0.410 e. The van der Waals surface area contributed by atoms with Gasteiger partial charge in [0.25, 0.3) is 0 Å². The van der Waals surface area contributed by atoms with E-state index in [0.29, 0.717) is 6.54 Å². The third-order valence-corrected chi connectivity index (χ3v) is 3.33. The number of hydrogen-bond acceptors (Lipinski definition) is 2. The highest BCUT2D eigenvalue weighted by Crippen LogP contribution is 2.31. The number of benzene rings is 1. The van der Waals surface area contributed by atoms with Crippen LogP contribution in [0.2, 0.25) is 0 Å². The van der Waals surface area contributed by atoms with Crippen LogP contribution in [0.25, 0.3) is 0 Å². The summed E-state index contributed by atoms with van der Waals surface area (Å²) in [7, 11) is 0. The molecule has 1 saturated heterocycles. The van der Waals surface area contributed by atoms with Gasteiger partial charge >= 0.3 is 6.09 Å². The summed E-state index contributed by atoms with van der Waals surface area (Å²) in [6, 6.07) is 6.38. The lowest BCUT2D eigenvalue weighted by molar-refractivity contribution is 0.0526. The fourth-order valence-corrected chi connectivity index (χ4v) is 2.45. The first-order valence-corrected chi connectivity index (χ1v) is 6.80. The predicted molar refractivity (Wildman–Crippen MR) is 71.3 cm³/mol. The topological polar surface area (TPSA) is 29.5 Å². The van der Waals surface area contributed by atoms with Gasteiger partial charge < -0.3 is 9.64 Å². The number of carbonyl (C=O) groups is 1. The number of likely N-dealkylation sites (tertiary alicyclic amines) is 1. The summed E-state index contributed by atoms with van der Waals surface area (Å²) in [5.74, 6) is -0.254. The van der Waals surface area contributed by atoms with Crippen LogP contribution in [0.1, 0.15) is 44.7 Å². The molecule has 3 nitrogen and oxygen atoms in total. The Bertz CT molecular complexity index is 430. The van der Waals surface area contributed by atoms with Crippen molar-refractivity contribution in [1.82, 2.24) is 4.90 Å². The Labute approximate surface area is 113 Å². The molecule has 0 spiro atoms. The molecule has 2 rings (SSSR count). The first kappa shape index (κ1) is 13.8. The average molecular weight is 265 g/mol. The van der Waals surface area contributed by atoms with Gasteiger partial charge in [0.1, 0.15) is 5.82 Å². The molecular formula is C15H20FNO2. The minimum Gasteiger partial charge on any atom is -0.447 e. The molecule has 104 valence electrons. The van der Waals surface area contributed by atoms with Crippen LogP contribution >= 0.6 is 0 Å². The van der Waals surface area contributed by atoms with Gasteiger partial charge in [0.05, 0.1) is 12.1 Å². The Morgan fingerprint density at radius 3 is 2.63 bits per heavy atom. The van der Waals surface area contributed by atoms with E-state index >= 15 is 0 Å². The largest absolute Gasteiger partial charge is 0.447 e. The highest BCUT2D eigenvalue weighted by molar-refractivity contribution is 5.68. The minimum absolute atomic E-state index is 0.000556. The predicted octanol–water partition coefficient (Wildman–Crippen LogP) is 3.90. The molecule has 1 aliphatic heterocycles. The van der Waals surface area contributed by atoms with Crippen LogP contribution in [0.5, 0.6) is 0 Å². The van der Waals surface area contributed by atoms with Crippen molar-refractivity contribution in [3.8, 4) is 0 Å². The second-order valence-corrected chi connectivity index (χ2v) is 5.19. The van der Waals surface area contributed by atoms with Gasteiger partial charge in [-0.25, -0.2) is 9.18 Å². The maximum Gasteiger partial charge on any atom is 0.410 e. The van der Waals surface area contributed by atoms with Crippen molar-refractivity contribution in [2.75, 3.05) is 6.54 Å². The van der Waals surface area contributed by atoms with E-state index in [-0.39, 0.29) is 24.1 Å². The molecule has 1 aromatic rings. The average Bonchev–Trinajstić information content (AvgIpc) is 2.39. The minimum atomic E-state index is -0.274. The Morgan fingerprint density at radius 1 is 1.32 bits per heavy atom. The summed E-state index contributed by atoms with van der Waals surface area (Å²) >= 11 is 0. The van der Waals surface area contributed by atoms with Gasteiger partial charge in [-0.3, -0.25) is 0 Å². The summed E-state index contributed by atoms with van der Waals surface area (Å²) in [6.45, 7) is 4.39. The van der Waals surface area contributed by atoms with Crippen molar-refractivity contribution < 1.29 is 13.9 Å². The zero-order valence-electron chi connectivity index (χ0n) is 11.4. The molecule has 4 heteroatoms. The molecule has 1 aromatic carbocycles. The fraction of sp³-hybridized carbons (Fsp3) is 0.533. The molecule has 19 heavy (non-hydrogen) atoms. The van der Waals surface area contributed by atoms with Crippen LogP contribution in [-0.4, -0.2) is 23.6 Å². The van der Waals surface area contributed by atoms with Gasteiger partial charge in [-0.2, -0.15) is 0 Å². The van der Waals surface area contributed by atoms with Crippen molar-refractivity contribution in [3.05, 3.63) is 35.6 Å². The van der Waals surface area contributed by atoms with Gasteiger partial charge in [-0.15, -0.1) is 0 Å². The van der Waals surface area contributed by atoms with E-state index in [1.807, 2.05) is 13.8 Å². The van der Waals surface area contributed by atoms with Crippen LogP contribution in [0.15, 0.2) is 24.3 Å². The summed E-state index contributed by atoms with van der Waals surface area (Å²) in [6.07, 6.45) is 2.57. The quantitative estimate of drug-likeness (QED) is 0.811. The van der Waals surface area contributed by atoms with Gasteiger partial charge in [0, 0.05) is 6.54 Å². The number of rotatable bonds is 2. The maximum absolute atomic E-state index is 13.0. The Morgan fingerprint density at radius 2 is 2.00 bits per heavy atom. The molecule has 0 saturated carbocycles. The summed E-state index contributed by atoms with van der Waals surface area (Å²) < 4.78 is 18.3. The standard InChI is InChI=1S/C15H20FNO2/c1-11(2)19-15(18)17-10-4-3-5-14(17)12-6-8-13(16)9-7-12/h6-9,11,14H,3-5,10H2,1-2H3/t14-/m1/s1. The number of ether oxygens (including phenoxy) is 1. The highest BCUT2D eigenvalue weighted by Gasteiger charge is 2.29. The van der Waals surface area contributed by atoms with Crippen LogP contribution in [0, 0.1) is 5.82 Å². The SMILES string of the molecule is CC(C)OC(=O)N1CCCC[C@@H]1c1ccc(F)cc1. The van der Waals surface area contributed by atoms with Gasteiger partial charge in [-0.05, 0) is 50.8 Å². The van der Waals surface area contributed by atoms with Crippen molar-refractivity contribution in [2.45, 2.75) is 45.3 Å². The zero-order chi connectivity index (χ0) is 13.8. The molecular weight excluding hydrogens is 245 g/mol. The third-order valence-electron chi connectivity index (χ3n) is 3.33. The molecule has 0 unspecified atom stereocenters. The van der Waals surface area contributed by atoms with Gasteiger partial charge in [-0.1, -0.05) is 12.1 Å². The van der Waals surface area contributed by atoms with Crippen molar-refractivity contribution >= 4 is 6.09 Å². The monoisotopic (exact) mass is 265 g/mol. The van der Waals surface area contributed by atoms with E-state index in [0.717, 1.165) is 24.8 Å². The number of hydrogen-bond donors (Lipinski definition) is 0. The first-order chi connectivity index (χ1) is 9.08. The molecule has 1 fully saturated rings. The Balaban J connectivity index is 2.15. The van der Waals surface area contributed by atoms with Crippen LogP contribution in [0.3, 0.4) is 0 Å². The number of amides is 1. The number of nitrogens with zero attached hydrogens (tertiary/aromatic N) is 1. The van der Waals surface area contributed by atoms with E-state index in [4.69, 9.17) is 4.74 Å². The molecule has 0 aromatic heterocycles. The number of halogens is 1. The van der Waals surface area contributed by atoms with Crippen molar-refractivity contribution in [3.63, 3.8) is 0 Å². The number of carbonyl (C=O) groups excluding carboxylic acids is 1. The molecule has 0 radical (unpaired) electrons. The summed E-state index contributed by atoms with van der Waals surface area (Å²) in [4.78, 5) is 13.8. The second kappa shape index (κ2) is 6.04. The van der Waals surface area contributed by atoms with Gasteiger partial charge in [0.2, 0.25) is 0 Å². The molecule has 1 amide bonds. The zero-order valence-corrected chi connectivity index (χ0v) is 11.4. The van der Waals surface area contributed by atoms with E-state index < -0.39 is 0 Å². The molecule has 1 aliphatic rings. The molecule has 0 aliphatic carbocycles. The summed E-state index contributed by atoms with van der Waals surface area (Å²) in [5, 5.41) is 0. The Kier molecular flexibility index (Phi) is 4.40. The second-order valence-electron chi connectivity index (χ2n) is 5.19. The maximum atomic E-state index is 13.0. The lowest BCUT2D eigenvalue weighted by atomic mass is 9.96. The normalized spacial score (nSPS) is 19.6. The van der Waals surface area contributed by atoms with Gasteiger partial charge in [0.15, 0.2) is 0 Å². The first-order valence-electron chi connectivity index (χ1n) is 6.80. The van der Waals surface area contributed by atoms with E-state index in [1.165, 1.54) is 12.1 Å². The lowest BCUT2D eigenvalue weighted by Crippen LogP contribution is -2.39. The number of piperidine rings is 1. The lowest BCUT2D eigenvalue weighted by Gasteiger charge is -2.35. The van der Waals surface area contributed by atoms with Crippen LogP contribution in [-0.2, 0) is 4.74 Å². The van der Waals surface area contributed by atoms with E-state index in [1.54, 1.807) is 17.0 Å². The molecule has 1 atom stereocenters. The van der Waals surface area contributed by atoms with E-state index in [2.05, 4.69) is 0 Å². The molecule has 0 bridgehead atoms. The third kappa shape index (κ3) is 3.46. The summed E-state index contributed by atoms with van der Waals surface area (Å²) in [5.41, 5.74) is 0.974. The van der Waals surface area contributed by atoms with Crippen LogP contribution in [0.4, 0.5) is 9.18 Å². The van der Waals surface area contributed by atoms with Crippen molar-refractivity contribution in [2.24, 2.45) is 0 Å². The molecule has 0 N–H and O–H groups in total. The highest BCUT2D eigenvalue weighted by atomic mass is 19.1. The molecule has 1 heterocycles. The van der Waals surface area contributed by atoms with Crippen LogP contribution < -0.4 is 0 Å².